The molecule has 2 unspecified atom stereocenters. The summed E-state index contributed by atoms with van der Waals surface area (Å²) in [6.45, 7) is 6.19. The van der Waals surface area contributed by atoms with E-state index < -0.39 is 0 Å². The molecule has 1 heterocycles. The fraction of sp³-hybridized carbons (Fsp3) is 0.647. The van der Waals surface area contributed by atoms with Gasteiger partial charge in [-0.05, 0) is 50.6 Å². The number of hydrogen-bond acceptors (Lipinski definition) is 3. The van der Waals surface area contributed by atoms with Crippen molar-refractivity contribution in [2.45, 2.75) is 38.3 Å². The lowest BCUT2D eigenvalue weighted by Gasteiger charge is -2.26. The van der Waals surface area contributed by atoms with E-state index in [0.29, 0.717) is 12.1 Å². The highest BCUT2D eigenvalue weighted by Crippen LogP contribution is 2.21. The Morgan fingerprint density at radius 1 is 1.38 bits per heavy atom. The Labute approximate surface area is 137 Å². The summed E-state index contributed by atoms with van der Waals surface area (Å²) in [7, 11) is 2.22. The Hall–Kier alpha value is -0.420. The van der Waals surface area contributed by atoms with E-state index in [-0.39, 0.29) is 0 Å². The molecule has 1 aliphatic heterocycles. The molecule has 21 heavy (non-hydrogen) atoms. The third-order valence-corrected chi connectivity index (χ3v) is 4.74. The van der Waals surface area contributed by atoms with Crippen LogP contribution >= 0.6 is 15.9 Å². The van der Waals surface area contributed by atoms with Gasteiger partial charge in [0.05, 0.1) is 6.61 Å². The van der Waals surface area contributed by atoms with Crippen LogP contribution in [0.2, 0.25) is 0 Å². The molecule has 0 spiro atoms. The molecule has 2 atom stereocenters. The van der Waals surface area contributed by atoms with Gasteiger partial charge in [0.2, 0.25) is 0 Å². The van der Waals surface area contributed by atoms with Crippen molar-refractivity contribution in [3.63, 3.8) is 0 Å². The van der Waals surface area contributed by atoms with Crippen LogP contribution in [0.4, 0.5) is 0 Å². The number of likely N-dealkylation sites (N-methyl/N-ethyl adjacent to an activating group) is 1. The van der Waals surface area contributed by atoms with Gasteiger partial charge in [-0.15, -0.1) is 0 Å². The SMILES string of the molecule is CCCNC(CCN(C)C1CCOC1)c1ccc(Br)cc1. The molecule has 0 aromatic heterocycles. The van der Waals surface area contributed by atoms with E-state index in [9.17, 15) is 0 Å². The first-order valence-electron chi connectivity index (χ1n) is 7.97. The molecular weight excluding hydrogens is 328 g/mol. The summed E-state index contributed by atoms with van der Waals surface area (Å²) in [5.41, 5.74) is 1.38. The average Bonchev–Trinajstić information content (AvgIpc) is 3.03. The van der Waals surface area contributed by atoms with Crippen LogP contribution in [0.3, 0.4) is 0 Å². The highest BCUT2D eigenvalue weighted by molar-refractivity contribution is 9.10. The third kappa shape index (κ3) is 5.37. The number of nitrogens with zero attached hydrogens (tertiary/aromatic N) is 1. The number of hydrogen-bond donors (Lipinski definition) is 1. The van der Waals surface area contributed by atoms with Crippen LogP contribution in [-0.4, -0.2) is 44.3 Å². The maximum Gasteiger partial charge on any atom is 0.0622 e. The van der Waals surface area contributed by atoms with E-state index in [0.717, 1.165) is 37.2 Å². The summed E-state index contributed by atoms with van der Waals surface area (Å²) in [5, 5.41) is 3.68. The summed E-state index contributed by atoms with van der Waals surface area (Å²) < 4.78 is 6.62. The van der Waals surface area contributed by atoms with Gasteiger partial charge in [-0.1, -0.05) is 35.0 Å². The van der Waals surface area contributed by atoms with Gasteiger partial charge in [0.15, 0.2) is 0 Å². The van der Waals surface area contributed by atoms with Crippen LogP contribution in [0, 0.1) is 0 Å². The molecule has 1 N–H and O–H groups in total. The van der Waals surface area contributed by atoms with E-state index in [2.05, 4.69) is 64.4 Å². The zero-order valence-corrected chi connectivity index (χ0v) is 14.7. The molecule has 3 nitrogen and oxygen atoms in total. The third-order valence-electron chi connectivity index (χ3n) is 4.21. The average molecular weight is 355 g/mol. The fourth-order valence-electron chi connectivity index (χ4n) is 2.79. The van der Waals surface area contributed by atoms with Crippen molar-refractivity contribution in [1.29, 1.82) is 0 Å². The van der Waals surface area contributed by atoms with E-state index in [4.69, 9.17) is 4.74 Å². The van der Waals surface area contributed by atoms with E-state index >= 15 is 0 Å². The molecule has 0 saturated carbocycles. The smallest absolute Gasteiger partial charge is 0.0622 e. The quantitative estimate of drug-likeness (QED) is 0.771. The predicted molar refractivity (Wildman–Crippen MR) is 91.6 cm³/mol. The van der Waals surface area contributed by atoms with Crippen molar-refractivity contribution in [2.75, 3.05) is 33.4 Å². The summed E-state index contributed by atoms with van der Waals surface area (Å²) in [6, 6.07) is 9.73. The summed E-state index contributed by atoms with van der Waals surface area (Å²) in [4.78, 5) is 2.45. The van der Waals surface area contributed by atoms with Crippen LogP contribution in [-0.2, 0) is 4.74 Å². The van der Waals surface area contributed by atoms with Gasteiger partial charge in [0, 0.05) is 29.7 Å². The van der Waals surface area contributed by atoms with Crippen LogP contribution < -0.4 is 5.32 Å². The van der Waals surface area contributed by atoms with Crippen molar-refractivity contribution in [2.24, 2.45) is 0 Å². The van der Waals surface area contributed by atoms with E-state index in [1.807, 2.05) is 0 Å². The lowest BCUT2D eigenvalue weighted by atomic mass is 10.0. The first-order chi connectivity index (χ1) is 10.2. The van der Waals surface area contributed by atoms with Crippen LogP contribution in [0.1, 0.15) is 37.8 Å². The lowest BCUT2D eigenvalue weighted by Crippen LogP contribution is -2.35. The van der Waals surface area contributed by atoms with Gasteiger partial charge in [0.25, 0.3) is 0 Å². The molecule has 1 aliphatic rings. The molecule has 0 bridgehead atoms. The monoisotopic (exact) mass is 354 g/mol. The number of ether oxygens (including phenoxy) is 1. The Kier molecular flexibility index (Phi) is 7.17. The Bertz CT molecular complexity index is 404. The standard InChI is InChI=1S/C17H27BrN2O/c1-3-10-19-17(14-4-6-15(18)7-5-14)8-11-20(2)16-9-12-21-13-16/h4-7,16-17,19H,3,8-13H2,1-2H3. The summed E-state index contributed by atoms with van der Waals surface area (Å²) >= 11 is 3.51. The topological polar surface area (TPSA) is 24.5 Å². The van der Waals surface area contributed by atoms with Crippen molar-refractivity contribution in [3.05, 3.63) is 34.3 Å². The van der Waals surface area contributed by atoms with Gasteiger partial charge in [0.1, 0.15) is 0 Å². The van der Waals surface area contributed by atoms with Gasteiger partial charge in [-0.2, -0.15) is 0 Å². The van der Waals surface area contributed by atoms with E-state index in [1.165, 1.54) is 18.4 Å². The predicted octanol–water partition coefficient (Wildman–Crippen LogP) is 3.60. The number of halogens is 1. The lowest BCUT2D eigenvalue weighted by molar-refractivity contribution is 0.156. The maximum absolute atomic E-state index is 5.49. The molecule has 4 heteroatoms. The van der Waals surface area contributed by atoms with Gasteiger partial charge in [-0.3, -0.25) is 0 Å². The largest absolute Gasteiger partial charge is 0.380 e. The minimum atomic E-state index is 0.433. The zero-order valence-electron chi connectivity index (χ0n) is 13.1. The molecule has 1 fully saturated rings. The van der Waals surface area contributed by atoms with Crippen LogP contribution in [0.25, 0.3) is 0 Å². The Morgan fingerprint density at radius 3 is 2.76 bits per heavy atom. The Balaban J connectivity index is 1.90. The number of rotatable bonds is 8. The molecule has 0 aliphatic carbocycles. The molecule has 1 aromatic rings. The zero-order chi connectivity index (χ0) is 15.1. The summed E-state index contributed by atoms with van der Waals surface area (Å²) in [5.74, 6) is 0. The second kappa shape index (κ2) is 8.89. The van der Waals surface area contributed by atoms with Crippen molar-refractivity contribution >= 4 is 15.9 Å². The van der Waals surface area contributed by atoms with Gasteiger partial charge < -0.3 is 15.0 Å². The van der Waals surface area contributed by atoms with Crippen molar-refractivity contribution in [3.8, 4) is 0 Å². The normalized spacial score (nSPS) is 20.1. The molecular formula is C17H27BrN2O. The second-order valence-corrected chi connectivity index (χ2v) is 6.76. The van der Waals surface area contributed by atoms with Gasteiger partial charge in [-0.25, -0.2) is 0 Å². The number of benzene rings is 1. The second-order valence-electron chi connectivity index (χ2n) is 5.84. The fourth-order valence-corrected chi connectivity index (χ4v) is 3.05. The highest BCUT2D eigenvalue weighted by Gasteiger charge is 2.21. The number of nitrogens with one attached hydrogen (secondary N) is 1. The first kappa shape index (κ1) is 16.9. The van der Waals surface area contributed by atoms with Crippen LogP contribution in [0.5, 0.6) is 0 Å². The minimum absolute atomic E-state index is 0.433. The molecule has 1 saturated heterocycles. The molecule has 2 rings (SSSR count). The summed E-state index contributed by atoms with van der Waals surface area (Å²) in [6.07, 6.45) is 3.47. The van der Waals surface area contributed by atoms with Crippen LogP contribution in [0.15, 0.2) is 28.7 Å². The first-order valence-corrected chi connectivity index (χ1v) is 8.77. The minimum Gasteiger partial charge on any atom is -0.380 e. The van der Waals surface area contributed by atoms with Crippen molar-refractivity contribution < 1.29 is 4.74 Å². The van der Waals surface area contributed by atoms with Crippen molar-refractivity contribution in [1.82, 2.24) is 10.2 Å². The molecule has 1 aromatic carbocycles. The Morgan fingerprint density at radius 2 is 2.14 bits per heavy atom. The van der Waals surface area contributed by atoms with Gasteiger partial charge >= 0.3 is 0 Å². The van der Waals surface area contributed by atoms with E-state index in [1.54, 1.807) is 0 Å². The maximum atomic E-state index is 5.49. The molecule has 0 radical (unpaired) electrons. The molecule has 0 amide bonds. The molecule has 118 valence electrons. The highest BCUT2D eigenvalue weighted by atomic mass is 79.9.